The molecule has 1 aliphatic rings. The van der Waals surface area contributed by atoms with Gasteiger partial charge in [-0.25, -0.2) is 0 Å². The molecule has 2 heterocycles. The van der Waals surface area contributed by atoms with Crippen molar-refractivity contribution in [3.8, 4) is 0 Å². The lowest BCUT2D eigenvalue weighted by Crippen LogP contribution is -2.26. The van der Waals surface area contributed by atoms with Crippen LogP contribution in [0.2, 0.25) is 0 Å². The quantitative estimate of drug-likeness (QED) is 0.818. The van der Waals surface area contributed by atoms with Gasteiger partial charge in [0.1, 0.15) is 12.1 Å². The van der Waals surface area contributed by atoms with Gasteiger partial charge in [-0.2, -0.15) is 5.10 Å². The topological polar surface area (TPSA) is 75.8 Å². The SMILES string of the molecule is O=C(NCCc1n[nH]c(=S)n1C1CC1)c1ccoc1. The number of H-pyrrole nitrogens is 1. The third kappa shape index (κ3) is 2.60. The molecule has 0 saturated heterocycles. The molecule has 0 radical (unpaired) electrons. The van der Waals surface area contributed by atoms with Gasteiger partial charge in [0, 0.05) is 19.0 Å². The number of carbonyl (C=O) groups is 1. The average molecular weight is 278 g/mol. The van der Waals surface area contributed by atoms with Gasteiger partial charge >= 0.3 is 0 Å². The Bertz CT molecular complexity index is 624. The van der Waals surface area contributed by atoms with Gasteiger partial charge in [0.25, 0.3) is 5.91 Å². The van der Waals surface area contributed by atoms with Crippen molar-refractivity contribution in [1.29, 1.82) is 0 Å². The summed E-state index contributed by atoms with van der Waals surface area (Å²) in [6.45, 7) is 0.524. The Morgan fingerprint density at radius 2 is 2.47 bits per heavy atom. The summed E-state index contributed by atoms with van der Waals surface area (Å²) in [5, 5.41) is 9.85. The molecule has 1 aliphatic carbocycles. The predicted octanol–water partition coefficient (Wildman–Crippen LogP) is 1.84. The van der Waals surface area contributed by atoms with E-state index in [1.54, 1.807) is 6.07 Å². The highest BCUT2D eigenvalue weighted by Crippen LogP contribution is 2.35. The molecule has 7 heteroatoms. The molecule has 1 fully saturated rings. The van der Waals surface area contributed by atoms with Crippen molar-refractivity contribution in [2.24, 2.45) is 0 Å². The molecule has 0 unspecified atom stereocenters. The van der Waals surface area contributed by atoms with Crippen LogP contribution in [0, 0.1) is 4.77 Å². The molecule has 0 aliphatic heterocycles. The first-order chi connectivity index (χ1) is 9.25. The summed E-state index contributed by atoms with van der Waals surface area (Å²) in [5.41, 5.74) is 0.529. The first kappa shape index (κ1) is 12.2. The maximum atomic E-state index is 11.7. The van der Waals surface area contributed by atoms with E-state index >= 15 is 0 Å². The number of nitrogens with one attached hydrogen (secondary N) is 2. The van der Waals surface area contributed by atoms with Crippen LogP contribution in [0.5, 0.6) is 0 Å². The van der Waals surface area contributed by atoms with Crippen molar-refractivity contribution < 1.29 is 9.21 Å². The lowest BCUT2D eigenvalue weighted by molar-refractivity contribution is 0.0953. The number of rotatable bonds is 5. The third-order valence-electron chi connectivity index (χ3n) is 3.11. The molecule has 3 rings (SSSR count). The van der Waals surface area contributed by atoms with Gasteiger partial charge in [-0.15, -0.1) is 0 Å². The van der Waals surface area contributed by atoms with Crippen LogP contribution in [0.25, 0.3) is 0 Å². The van der Waals surface area contributed by atoms with E-state index in [1.165, 1.54) is 12.5 Å². The molecule has 0 spiro atoms. The summed E-state index contributed by atoms with van der Waals surface area (Å²) >= 11 is 5.20. The van der Waals surface area contributed by atoms with Crippen LogP contribution >= 0.6 is 12.2 Å². The molecule has 6 nitrogen and oxygen atoms in total. The molecule has 19 heavy (non-hydrogen) atoms. The second kappa shape index (κ2) is 5.00. The van der Waals surface area contributed by atoms with Crippen LogP contribution in [-0.2, 0) is 6.42 Å². The minimum atomic E-state index is -0.138. The molecule has 2 aromatic heterocycles. The van der Waals surface area contributed by atoms with E-state index in [1.807, 2.05) is 0 Å². The van der Waals surface area contributed by atoms with Crippen molar-refractivity contribution >= 4 is 18.1 Å². The predicted molar refractivity (Wildman–Crippen MR) is 70.4 cm³/mol. The number of aromatic nitrogens is 3. The van der Waals surface area contributed by atoms with Gasteiger partial charge in [0.15, 0.2) is 4.77 Å². The van der Waals surface area contributed by atoms with Gasteiger partial charge < -0.3 is 14.3 Å². The van der Waals surface area contributed by atoms with E-state index in [-0.39, 0.29) is 5.91 Å². The highest BCUT2D eigenvalue weighted by molar-refractivity contribution is 7.71. The van der Waals surface area contributed by atoms with E-state index in [9.17, 15) is 4.79 Å². The average Bonchev–Trinajstić information content (AvgIpc) is 2.95. The van der Waals surface area contributed by atoms with Crippen molar-refractivity contribution in [2.45, 2.75) is 25.3 Å². The number of hydrogen-bond donors (Lipinski definition) is 2. The van der Waals surface area contributed by atoms with Crippen LogP contribution in [-0.4, -0.2) is 27.2 Å². The standard InChI is InChI=1S/C12H14N4O2S/c17-11(8-4-6-18-7-8)13-5-3-10-14-15-12(19)16(10)9-1-2-9/h4,6-7,9H,1-3,5H2,(H,13,17)(H,15,19). The first-order valence-corrected chi connectivity index (χ1v) is 6.62. The van der Waals surface area contributed by atoms with Crippen molar-refractivity contribution in [3.63, 3.8) is 0 Å². The molecule has 1 saturated carbocycles. The zero-order valence-electron chi connectivity index (χ0n) is 10.3. The smallest absolute Gasteiger partial charge is 0.254 e. The van der Waals surface area contributed by atoms with E-state index in [2.05, 4.69) is 20.1 Å². The van der Waals surface area contributed by atoms with Gasteiger partial charge in [0.2, 0.25) is 0 Å². The van der Waals surface area contributed by atoms with Crippen LogP contribution in [0.3, 0.4) is 0 Å². The summed E-state index contributed by atoms with van der Waals surface area (Å²) < 4.78 is 7.59. The fourth-order valence-electron chi connectivity index (χ4n) is 2.01. The minimum absolute atomic E-state index is 0.138. The second-order valence-electron chi connectivity index (χ2n) is 4.56. The third-order valence-corrected chi connectivity index (χ3v) is 3.40. The fourth-order valence-corrected chi connectivity index (χ4v) is 2.31. The minimum Gasteiger partial charge on any atom is -0.472 e. The van der Waals surface area contributed by atoms with Crippen molar-refractivity contribution in [1.82, 2.24) is 20.1 Å². The van der Waals surface area contributed by atoms with Gasteiger partial charge in [0.05, 0.1) is 11.8 Å². The fraction of sp³-hybridized carbons (Fsp3) is 0.417. The Morgan fingerprint density at radius 3 is 3.16 bits per heavy atom. The zero-order valence-corrected chi connectivity index (χ0v) is 11.1. The van der Waals surface area contributed by atoms with Crippen LogP contribution < -0.4 is 5.32 Å². The summed E-state index contributed by atoms with van der Waals surface area (Å²) in [6.07, 6.45) is 5.88. The maximum absolute atomic E-state index is 11.7. The summed E-state index contributed by atoms with van der Waals surface area (Å²) in [6, 6.07) is 2.13. The number of furan rings is 1. The van der Waals surface area contributed by atoms with E-state index in [0.29, 0.717) is 29.3 Å². The zero-order chi connectivity index (χ0) is 13.2. The molecule has 0 atom stereocenters. The second-order valence-corrected chi connectivity index (χ2v) is 4.95. The highest BCUT2D eigenvalue weighted by atomic mass is 32.1. The van der Waals surface area contributed by atoms with Crippen molar-refractivity contribution in [2.75, 3.05) is 6.54 Å². The van der Waals surface area contributed by atoms with Crippen molar-refractivity contribution in [3.05, 3.63) is 34.8 Å². The Kier molecular flexibility index (Phi) is 3.20. The van der Waals surface area contributed by atoms with Crippen LogP contribution in [0.1, 0.15) is 35.1 Å². The molecule has 100 valence electrons. The summed E-state index contributed by atoms with van der Waals surface area (Å²) in [5.74, 6) is 0.765. The summed E-state index contributed by atoms with van der Waals surface area (Å²) in [7, 11) is 0. The molecular formula is C12H14N4O2S. The van der Waals surface area contributed by atoms with Gasteiger partial charge in [-0.1, -0.05) is 0 Å². The Hall–Kier alpha value is -1.89. The molecular weight excluding hydrogens is 264 g/mol. The first-order valence-electron chi connectivity index (χ1n) is 6.22. The van der Waals surface area contributed by atoms with Gasteiger partial charge in [-0.3, -0.25) is 9.89 Å². The number of hydrogen-bond acceptors (Lipinski definition) is 4. The van der Waals surface area contributed by atoms with E-state index < -0.39 is 0 Å². The Balaban J connectivity index is 1.58. The number of carbonyl (C=O) groups excluding carboxylic acids is 1. The van der Waals surface area contributed by atoms with E-state index in [4.69, 9.17) is 16.6 Å². The highest BCUT2D eigenvalue weighted by Gasteiger charge is 2.26. The molecule has 2 aromatic rings. The number of amides is 1. The summed E-state index contributed by atoms with van der Waals surface area (Å²) in [4.78, 5) is 11.7. The number of aromatic amines is 1. The van der Waals surface area contributed by atoms with Crippen LogP contribution in [0.15, 0.2) is 23.0 Å². The van der Waals surface area contributed by atoms with Gasteiger partial charge in [-0.05, 0) is 31.1 Å². The lowest BCUT2D eigenvalue weighted by Gasteiger charge is -2.05. The molecule has 2 N–H and O–H groups in total. The van der Waals surface area contributed by atoms with Crippen LogP contribution in [0.4, 0.5) is 0 Å². The number of nitrogens with zero attached hydrogens (tertiary/aromatic N) is 2. The Morgan fingerprint density at radius 1 is 1.63 bits per heavy atom. The molecule has 0 aromatic carbocycles. The van der Waals surface area contributed by atoms with E-state index in [0.717, 1.165) is 18.7 Å². The Labute approximate surface area is 114 Å². The molecule has 0 bridgehead atoms. The normalized spacial score (nSPS) is 14.5. The largest absolute Gasteiger partial charge is 0.472 e. The molecule has 1 amide bonds. The maximum Gasteiger partial charge on any atom is 0.254 e. The lowest BCUT2D eigenvalue weighted by atomic mass is 10.3. The monoisotopic (exact) mass is 278 g/mol.